The minimum Gasteiger partial charge on any atom is -0.397 e. The van der Waals surface area contributed by atoms with Crippen LogP contribution < -0.4 is 11.1 Å². The largest absolute Gasteiger partial charge is 0.397 e. The van der Waals surface area contributed by atoms with Crippen molar-refractivity contribution in [2.45, 2.75) is 19.8 Å². The normalized spacial score (nSPS) is 10.9. The molecule has 2 heterocycles. The number of nitrogens with zero attached hydrogens (tertiary/aromatic N) is 1. The van der Waals surface area contributed by atoms with Gasteiger partial charge < -0.3 is 16.0 Å². The number of nitrogen functional groups attached to an aromatic ring is 1. The van der Waals surface area contributed by atoms with Crippen LogP contribution >= 0.6 is 0 Å². The topological polar surface area (TPSA) is 83.8 Å². The summed E-state index contributed by atoms with van der Waals surface area (Å²) in [5.74, 6) is -0.733. The Hall–Kier alpha value is -2.89. The maximum atomic E-state index is 12.9. The monoisotopic (exact) mass is 312 g/mol. The summed E-state index contributed by atoms with van der Waals surface area (Å²) >= 11 is 0. The zero-order chi connectivity index (χ0) is 16.4. The second kappa shape index (κ2) is 6.08. The van der Waals surface area contributed by atoms with Crippen molar-refractivity contribution in [1.82, 2.24) is 9.97 Å². The molecule has 2 aromatic heterocycles. The Labute approximate surface area is 132 Å². The van der Waals surface area contributed by atoms with E-state index in [-0.39, 0.29) is 11.7 Å². The van der Waals surface area contributed by atoms with Gasteiger partial charge >= 0.3 is 0 Å². The molecule has 0 bridgehead atoms. The number of aromatic amines is 1. The molecule has 1 amide bonds. The summed E-state index contributed by atoms with van der Waals surface area (Å²) in [6, 6.07) is 7.47. The number of nitrogens with two attached hydrogens (primary N) is 1. The molecule has 5 nitrogen and oxygen atoms in total. The molecule has 0 atom stereocenters. The number of benzene rings is 1. The van der Waals surface area contributed by atoms with Crippen LogP contribution in [0.3, 0.4) is 0 Å². The van der Waals surface area contributed by atoms with Crippen LogP contribution in [0.25, 0.3) is 11.0 Å². The molecule has 4 N–H and O–H groups in total. The van der Waals surface area contributed by atoms with E-state index in [1.165, 1.54) is 30.5 Å². The van der Waals surface area contributed by atoms with Gasteiger partial charge in [-0.3, -0.25) is 4.79 Å². The number of halogens is 1. The standard InChI is InChI=1S/C17H17FN4O/c1-2-3-12-8-13-15(19)14(9-20-16(13)21-12)17(23)22-11-6-4-10(18)5-7-11/h4-9H,2-3H2,1H3,(H,22,23)(H3,19,20,21). The van der Waals surface area contributed by atoms with Crippen molar-refractivity contribution in [1.29, 1.82) is 0 Å². The molecule has 1 aromatic carbocycles. The van der Waals surface area contributed by atoms with Crippen molar-refractivity contribution in [3.63, 3.8) is 0 Å². The number of rotatable bonds is 4. The molecule has 0 fully saturated rings. The molecule has 0 saturated carbocycles. The first-order valence-electron chi connectivity index (χ1n) is 7.41. The van der Waals surface area contributed by atoms with Crippen molar-refractivity contribution in [2.24, 2.45) is 0 Å². The number of hydrogen-bond donors (Lipinski definition) is 3. The summed E-state index contributed by atoms with van der Waals surface area (Å²) in [4.78, 5) is 19.8. The Morgan fingerprint density at radius 2 is 2.09 bits per heavy atom. The molecule has 0 aliphatic heterocycles. The number of carbonyl (C=O) groups excluding carboxylic acids is 1. The summed E-state index contributed by atoms with van der Waals surface area (Å²) in [7, 11) is 0. The quantitative estimate of drug-likeness (QED) is 0.689. The third kappa shape index (κ3) is 3.01. The Bertz CT molecular complexity index is 855. The average Bonchev–Trinajstić information content (AvgIpc) is 2.94. The Balaban J connectivity index is 1.90. The summed E-state index contributed by atoms with van der Waals surface area (Å²) in [5.41, 5.74) is 9.01. The SMILES string of the molecule is CCCc1cc2c(N)c(C(=O)Nc3ccc(F)cc3)cnc2[nH]1. The van der Waals surface area contributed by atoms with Crippen molar-refractivity contribution in [3.8, 4) is 0 Å². The van der Waals surface area contributed by atoms with Gasteiger partial charge in [-0.15, -0.1) is 0 Å². The lowest BCUT2D eigenvalue weighted by atomic mass is 10.1. The van der Waals surface area contributed by atoms with Crippen molar-refractivity contribution >= 4 is 28.3 Å². The van der Waals surface area contributed by atoms with Crippen molar-refractivity contribution in [3.05, 3.63) is 53.6 Å². The molecule has 6 heteroatoms. The van der Waals surface area contributed by atoms with Crippen LogP contribution in [0.1, 0.15) is 29.4 Å². The lowest BCUT2D eigenvalue weighted by Crippen LogP contribution is -2.14. The van der Waals surface area contributed by atoms with E-state index in [1.807, 2.05) is 6.07 Å². The van der Waals surface area contributed by atoms with Crippen LogP contribution in [0.2, 0.25) is 0 Å². The Morgan fingerprint density at radius 3 is 2.78 bits per heavy atom. The Kier molecular flexibility index (Phi) is 3.97. The molecule has 23 heavy (non-hydrogen) atoms. The Morgan fingerprint density at radius 1 is 1.35 bits per heavy atom. The number of aromatic nitrogens is 2. The van der Waals surface area contributed by atoms with Gasteiger partial charge in [0.2, 0.25) is 0 Å². The van der Waals surface area contributed by atoms with E-state index in [9.17, 15) is 9.18 Å². The highest BCUT2D eigenvalue weighted by atomic mass is 19.1. The fraction of sp³-hybridized carbons (Fsp3) is 0.176. The van der Waals surface area contributed by atoms with Crippen LogP contribution in [0.15, 0.2) is 36.5 Å². The molecule has 3 aromatic rings. The van der Waals surface area contributed by atoms with Gasteiger partial charge in [0, 0.05) is 23.0 Å². The molecule has 0 saturated heterocycles. The maximum absolute atomic E-state index is 12.9. The number of fused-ring (bicyclic) bond motifs is 1. The van der Waals surface area contributed by atoms with Gasteiger partial charge in [0.05, 0.1) is 11.3 Å². The van der Waals surface area contributed by atoms with Crippen LogP contribution in [-0.4, -0.2) is 15.9 Å². The van der Waals surface area contributed by atoms with Gasteiger partial charge in [0.15, 0.2) is 0 Å². The van der Waals surface area contributed by atoms with E-state index < -0.39 is 0 Å². The number of nitrogens with one attached hydrogen (secondary N) is 2. The predicted molar refractivity (Wildman–Crippen MR) is 88.9 cm³/mol. The maximum Gasteiger partial charge on any atom is 0.259 e. The summed E-state index contributed by atoms with van der Waals surface area (Å²) in [6.45, 7) is 2.09. The highest BCUT2D eigenvalue weighted by Gasteiger charge is 2.15. The minimum absolute atomic E-state index is 0.295. The molecule has 0 unspecified atom stereocenters. The third-order valence-corrected chi connectivity index (χ3v) is 3.62. The van der Waals surface area contributed by atoms with Crippen molar-refractivity contribution < 1.29 is 9.18 Å². The minimum atomic E-state index is -0.373. The first kappa shape index (κ1) is 15.0. The molecule has 118 valence electrons. The van der Waals surface area contributed by atoms with Gasteiger partial charge in [-0.05, 0) is 36.8 Å². The summed E-state index contributed by atoms with van der Waals surface area (Å²) in [6.07, 6.45) is 3.35. The van der Waals surface area contributed by atoms with E-state index in [2.05, 4.69) is 22.2 Å². The van der Waals surface area contributed by atoms with Crippen LogP contribution in [0, 0.1) is 5.82 Å². The van der Waals surface area contributed by atoms with Gasteiger partial charge in [0.1, 0.15) is 11.5 Å². The summed E-state index contributed by atoms with van der Waals surface area (Å²) < 4.78 is 12.9. The highest BCUT2D eigenvalue weighted by molar-refractivity contribution is 6.11. The zero-order valence-corrected chi connectivity index (χ0v) is 12.7. The fourth-order valence-electron chi connectivity index (χ4n) is 2.47. The van der Waals surface area contributed by atoms with Crippen LogP contribution in [0.5, 0.6) is 0 Å². The van der Waals surface area contributed by atoms with E-state index in [4.69, 9.17) is 5.73 Å². The number of hydrogen-bond acceptors (Lipinski definition) is 3. The van der Waals surface area contributed by atoms with E-state index in [0.29, 0.717) is 22.6 Å². The predicted octanol–water partition coefficient (Wildman–Crippen LogP) is 3.49. The van der Waals surface area contributed by atoms with E-state index >= 15 is 0 Å². The van der Waals surface area contributed by atoms with Gasteiger partial charge in [-0.1, -0.05) is 13.3 Å². The second-order valence-corrected chi connectivity index (χ2v) is 5.35. The van der Waals surface area contributed by atoms with Crippen LogP contribution in [0.4, 0.5) is 15.8 Å². The highest BCUT2D eigenvalue weighted by Crippen LogP contribution is 2.25. The molecule has 3 rings (SSSR count). The zero-order valence-electron chi connectivity index (χ0n) is 12.7. The van der Waals surface area contributed by atoms with Gasteiger partial charge in [-0.2, -0.15) is 0 Å². The van der Waals surface area contributed by atoms with Crippen LogP contribution in [-0.2, 0) is 6.42 Å². The average molecular weight is 312 g/mol. The van der Waals surface area contributed by atoms with Gasteiger partial charge in [0.25, 0.3) is 5.91 Å². The lowest BCUT2D eigenvalue weighted by molar-refractivity contribution is 0.102. The summed E-state index contributed by atoms with van der Waals surface area (Å²) in [5, 5.41) is 3.42. The number of H-pyrrole nitrogens is 1. The van der Waals surface area contributed by atoms with Crippen molar-refractivity contribution in [2.75, 3.05) is 11.1 Å². The second-order valence-electron chi connectivity index (χ2n) is 5.35. The number of amides is 1. The van der Waals surface area contributed by atoms with Gasteiger partial charge in [-0.25, -0.2) is 9.37 Å². The lowest BCUT2D eigenvalue weighted by Gasteiger charge is -2.07. The molecular formula is C17H17FN4O. The third-order valence-electron chi connectivity index (χ3n) is 3.62. The number of aryl methyl sites for hydroxylation is 1. The molecule has 0 spiro atoms. The smallest absolute Gasteiger partial charge is 0.259 e. The number of pyridine rings is 1. The number of carbonyl (C=O) groups is 1. The molecular weight excluding hydrogens is 295 g/mol. The van der Waals surface area contributed by atoms with E-state index in [0.717, 1.165) is 23.9 Å². The first-order chi connectivity index (χ1) is 11.1. The molecule has 0 aliphatic rings. The number of anilines is 2. The van der Waals surface area contributed by atoms with E-state index in [1.54, 1.807) is 0 Å². The first-order valence-corrected chi connectivity index (χ1v) is 7.41. The fourth-order valence-corrected chi connectivity index (χ4v) is 2.47. The molecule has 0 aliphatic carbocycles. The molecule has 0 radical (unpaired) electrons.